The maximum Gasteiger partial charge on any atom is 0.406 e. The summed E-state index contributed by atoms with van der Waals surface area (Å²) < 4.78 is 41.2. The largest absolute Gasteiger partial charge is 0.507 e. The van der Waals surface area contributed by atoms with Crippen molar-refractivity contribution in [1.82, 2.24) is 4.57 Å². The van der Waals surface area contributed by atoms with Crippen LogP contribution < -0.4 is 5.56 Å². The van der Waals surface area contributed by atoms with E-state index in [0.717, 1.165) is 19.4 Å². The number of methoxy groups -OCH3 is 1. The van der Waals surface area contributed by atoms with Gasteiger partial charge in [-0.2, -0.15) is 13.2 Å². The summed E-state index contributed by atoms with van der Waals surface area (Å²) in [7, 11) is 1.07. The van der Waals surface area contributed by atoms with Crippen molar-refractivity contribution in [1.29, 1.82) is 0 Å². The van der Waals surface area contributed by atoms with Gasteiger partial charge in [-0.15, -0.1) is 0 Å². The van der Waals surface area contributed by atoms with Gasteiger partial charge in [-0.05, 0) is 6.07 Å². The highest BCUT2D eigenvalue weighted by molar-refractivity contribution is 5.73. The number of hydrogen-bond donors (Lipinski definition) is 1. The summed E-state index contributed by atoms with van der Waals surface area (Å²) in [6, 6.07) is 0.922. The van der Waals surface area contributed by atoms with Crippen molar-refractivity contribution in [3.05, 3.63) is 28.2 Å². The Balaban J connectivity index is 3.15. The Morgan fingerprint density at radius 2 is 2.11 bits per heavy atom. The van der Waals surface area contributed by atoms with Crippen molar-refractivity contribution in [2.75, 3.05) is 7.11 Å². The van der Waals surface area contributed by atoms with Crippen LogP contribution in [0.15, 0.2) is 17.1 Å². The number of esters is 1. The van der Waals surface area contributed by atoms with E-state index in [4.69, 9.17) is 0 Å². The summed E-state index contributed by atoms with van der Waals surface area (Å²) in [6.07, 6.45) is -4.34. The first-order valence-electron chi connectivity index (χ1n) is 4.79. The topological polar surface area (TPSA) is 68.5 Å². The number of alkyl halides is 3. The van der Waals surface area contributed by atoms with Crippen LogP contribution in [0.1, 0.15) is 5.56 Å². The first-order valence-corrected chi connectivity index (χ1v) is 4.79. The highest BCUT2D eigenvalue weighted by Gasteiger charge is 2.29. The van der Waals surface area contributed by atoms with Gasteiger partial charge in [-0.1, -0.05) is 0 Å². The van der Waals surface area contributed by atoms with Gasteiger partial charge in [-0.3, -0.25) is 9.59 Å². The molecule has 0 saturated heterocycles. The van der Waals surface area contributed by atoms with Crippen LogP contribution >= 0.6 is 0 Å². The minimum Gasteiger partial charge on any atom is -0.507 e. The summed E-state index contributed by atoms with van der Waals surface area (Å²) in [4.78, 5) is 22.6. The number of nitrogens with zero attached hydrogens (tertiary/aromatic N) is 1. The van der Waals surface area contributed by atoms with Crippen LogP contribution in [0.2, 0.25) is 0 Å². The molecule has 100 valence electrons. The van der Waals surface area contributed by atoms with E-state index >= 15 is 0 Å². The van der Waals surface area contributed by atoms with Gasteiger partial charge in [0.05, 0.1) is 19.1 Å². The van der Waals surface area contributed by atoms with Crippen molar-refractivity contribution in [2.45, 2.75) is 19.1 Å². The average molecular weight is 265 g/mol. The second-order valence-electron chi connectivity index (χ2n) is 3.48. The Labute approximate surface area is 99.4 Å². The number of rotatable bonds is 3. The standard InChI is InChI=1S/C10H10F3NO4/c1-18-8(16)4-6-7(15)2-3-14(9(6)17)5-10(11,12)13/h2-3,15H,4-5H2,1H3. The van der Waals surface area contributed by atoms with Crippen LogP contribution in [0.5, 0.6) is 5.75 Å². The normalized spacial score (nSPS) is 11.3. The van der Waals surface area contributed by atoms with Crippen LogP contribution in [0.25, 0.3) is 0 Å². The highest BCUT2D eigenvalue weighted by atomic mass is 19.4. The van der Waals surface area contributed by atoms with Crippen molar-refractivity contribution in [3.8, 4) is 5.75 Å². The van der Waals surface area contributed by atoms with E-state index in [1.165, 1.54) is 0 Å². The highest BCUT2D eigenvalue weighted by Crippen LogP contribution is 2.18. The molecule has 1 N–H and O–H groups in total. The first-order chi connectivity index (χ1) is 8.24. The molecule has 0 aromatic carbocycles. The molecule has 0 saturated carbocycles. The van der Waals surface area contributed by atoms with E-state index in [1.807, 2.05) is 0 Å². The molecule has 5 nitrogen and oxygen atoms in total. The molecule has 0 aliphatic rings. The third-order valence-corrected chi connectivity index (χ3v) is 2.14. The van der Waals surface area contributed by atoms with Crippen LogP contribution in [0, 0.1) is 0 Å². The van der Waals surface area contributed by atoms with Gasteiger partial charge < -0.3 is 14.4 Å². The van der Waals surface area contributed by atoms with Crippen molar-refractivity contribution >= 4 is 5.97 Å². The molecule has 1 rings (SSSR count). The van der Waals surface area contributed by atoms with E-state index < -0.39 is 42.0 Å². The second-order valence-corrected chi connectivity index (χ2v) is 3.48. The molecular formula is C10H10F3NO4. The van der Waals surface area contributed by atoms with Gasteiger partial charge in [0.1, 0.15) is 12.3 Å². The summed E-state index contributed by atoms with van der Waals surface area (Å²) >= 11 is 0. The predicted molar refractivity (Wildman–Crippen MR) is 54.1 cm³/mol. The fourth-order valence-corrected chi connectivity index (χ4v) is 1.31. The third kappa shape index (κ3) is 3.51. The number of halogens is 3. The molecule has 0 amide bonds. The van der Waals surface area contributed by atoms with E-state index in [9.17, 15) is 27.9 Å². The minimum atomic E-state index is -4.57. The Morgan fingerprint density at radius 3 is 2.61 bits per heavy atom. The zero-order chi connectivity index (χ0) is 13.9. The third-order valence-electron chi connectivity index (χ3n) is 2.14. The summed E-state index contributed by atoms with van der Waals surface area (Å²) in [5, 5.41) is 9.36. The maximum atomic E-state index is 12.2. The summed E-state index contributed by atoms with van der Waals surface area (Å²) in [5.41, 5.74) is -1.49. The molecular weight excluding hydrogens is 255 g/mol. The Morgan fingerprint density at radius 1 is 1.50 bits per heavy atom. The molecule has 0 spiro atoms. The lowest BCUT2D eigenvalue weighted by atomic mass is 10.2. The first kappa shape index (κ1) is 14.1. The van der Waals surface area contributed by atoms with Crippen LogP contribution in [0.3, 0.4) is 0 Å². The maximum absolute atomic E-state index is 12.2. The van der Waals surface area contributed by atoms with E-state index in [1.54, 1.807) is 0 Å². The average Bonchev–Trinajstić information content (AvgIpc) is 2.26. The Kier molecular flexibility index (Phi) is 4.00. The molecule has 0 atom stereocenters. The molecule has 18 heavy (non-hydrogen) atoms. The predicted octanol–water partition coefficient (Wildman–Crippen LogP) is 0.832. The Bertz CT molecular complexity index is 507. The van der Waals surface area contributed by atoms with Crippen LogP contribution in [-0.2, 0) is 22.5 Å². The fourth-order valence-electron chi connectivity index (χ4n) is 1.31. The lowest BCUT2D eigenvalue weighted by Crippen LogP contribution is -2.30. The molecule has 0 radical (unpaired) electrons. The molecule has 1 aromatic rings. The zero-order valence-electron chi connectivity index (χ0n) is 9.32. The van der Waals surface area contributed by atoms with Crippen LogP contribution in [0.4, 0.5) is 13.2 Å². The number of carbonyl (C=O) groups excluding carboxylic acids is 1. The number of carbonyl (C=O) groups is 1. The van der Waals surface area contributed by atoms with Crippen molar-refractivity contribution < 1.29 is 27.8 Å². The smallest absolute Gasteiger partial charge is 0.406 e. The molecule has 0 bridgehead atoms. The minimum absolute atomic E-state index is 0.373. The van der Waals surface area contributed by atoms with Gasteiger partial charge in [0.15, 0.2) is 0 Å². The Hall–Kier alpha value is -1.99. The van der Waals surface area contributed by atoms with Crippen LogP contribution in [-0.4, -0.2) is 28.9 Å². The fraction of sp³-hybridized carbons (Fsp3) is 0.400. The number of hydrogen-bond acceptors (Lipinski definition) is 4. The molecule has 1 aromatic heterocycles. The van der Waals surface area contributed by atoms with Crippen molar-refractivity contribution in [2.24, 2.45) is 0 Å². The lowest BCUT2D eigenvalue weighted by molar-refractivity contribution is -0.141. The zero-order valence-corrected chi connectivity index (χ0v) is 9.32. The van der Waals surface area contributed by atoms with Gasteiger partial charge in [-0.25, -0.2) is 0 Å². The molecule has 1 heterocycles. The quantitative estimate of drug-likeness (QED) is 0.822. The number of aromatic nitrogens is 1. The second kappa shape index (κ2) is 5.11. The van der Waals surface area contributed by atoms with Gasteiger partial charge >= 0.3 is 12.1 Å². The molecule has 8 heteroatoms. The van der Waals surface area contributed by atoms with Crippen molar-refractivity contribution in [3.63, 3.8) is 0 Å². The number of aromatic hydroxyl groups is 1. The molecule has 0 fully saturated rings. The number of pyridine rings is 1. The molecule has 0 aliphatic carbocycles. The van der Waals surface area contributed by atoms with E-state index in [0.29, 0.717) is 4.57 Å². The van der Waals surface area contributed by atoms with E-state index in [-0.39, 0.29) is 0 Å². The molecule has 0 unspecified atom stereocenters. The molecule has 0 aliphatic heterocycles. The van der Waals surface area contributed by atoms with Gasteiger partial charge in [0.25, 0.3) is 5.56 Å². The monoisotopic (exact) mass is 265 g/mol. The summed E-state index contributed by atoms with van der Waals surface area (Å²) in [6.45, 7) is -1.49. The summed E-state index contributed by atoms with van der Waals surface area (Å²) in [5.74, 6) is -1.36. The number of ether oxygens (including phenoxy) is 1. The SMILES string of the molecule is COC(=O)Cc1c(O)ccn(CC(F)(F)F)c1=O. The van der Waals surface area contributed by atoms with Gasteiger partial charge in [0.2, 0.25) is 0 Å². The van der Waals surface area contributed by atoms with Gasteiger partial charge in [0, 0.05) is 6.20 Å². The van der Waals surface area contributed by atoms with E-state index in [2.05, 4.69) is 4.74 Å². The lowest BCUT2D eigenvalue weighted by Gasteiger charge is -2.11.